The van der Waals surface area contributed by atoms with Crippen molar-refractivity contribution in [1.29, 1.82) is 0 Å². The van der Waals surface area contributed by atoms with E-state index in [1.165, 1.54) is 19.3 Å². The van der Waals surface area contributed by atoms with Crippen molar-refractivity contribution >= 4 is 12.0 Å². The van der Waals surface area contributed by atoms with Crippen LogP contribution in [-0.4, -0.2) is 24.7 Å². The van der Waals surface area contributed by atoms with Crippen molar-refractivity contribution in [2.24, 2.45) is 0 Å². The summed E-state index contributed by atoms with van der Waals surface area (Å²) in [5, 5.41) is 5.48. The van der Waals surface area contributed by atoms with Crippen molar-refractivity contribution in [1.82, 2.24) is 10.6 Å². The summed E-state index contributed by atoms with van der Waals surface area (Å²) in [4.78, 5) is 24.4. The van der Waals surface area contributed by atoms with E-state index in [-0.39, 0.29) is 12.1 Å². The van der Waals surface area contributed by atoms with E-state index in [0.717, 1.165) is 30.6 Å². The molecule has 146 valence electrons. The molecule has 1 saturated carbocycles. The summed E-state index contributed by atoms with van der Waals surface area (Å²) < 4.78 is 11.4. The first-order valence-corrected chi connectivity index (χ1v) is 9.80. The fourth-order valence-corrected chi connectivity index (χ4v) is 3.60. The molecule has 6 heteroatoms. The van der Waals surface area contributed by atoms with Gasteiger partial charge in [0.2, 0.25) is 0 Å². The van der Waals surface area contributed by atoms with Gasteiger partial charge in [-0.2, -0.15) is 0 Å². The summed E-state index contributed by atoms with van der Waals surface area (Å²) in [6.45, 7) is 4.01. The molecule has 2 amide bonds. The van der Waals surface area contributed by atoms with Gasteiger partial charge in [0, 0.05) is 5.70 Å². The zero-order valence-corrected chi connectivity index (χ0v) is 16.0. The summed E-state index contributed by atoms with van der Waals surface area (Å²) in [5.74, 6) is 0.413. The van der Waals surface area contributed by atoms with Gasteiger partial charge in [0.1, 0.15) is 5.75 Å². The number of carbonyl (C=O) groups excluding carboxylic acids is 2. The molecule has 2 N–H and O–H groups in total. The predicted molar refractivity (Wildman–Crippen MR) is 102 cm³/mol. The van der Waals surface area contributed by atoms with Crippen LogP contribution >= 0.6 is 0 Å². The van der Waals surface area contributed by atoms with Gasteiger partial charge in [0.15, 0.2) is 0 Å². The van der Waals surface area contributed by atoms with E-state index in [1.54, 1.807) is 6.92 Å². The Labute approximate surface area is 160 Å². The molecule has 1 unspecified atom stereocenters. The van der Waals surface area contributed by atoms with E-state index in [2.05, 4.69) is 10.6 Å². The first-order chi connectivity index (χ1) is 13.1. The van der Waals surface area contributed by atoms with Gasteiger partial charge in [-0.1, -0.05) is 25.5 Å². The molecule has 1 fully saturated rings. The second kappa shape index (κ2) is 8.93. The van der Waals surface area contributed by atoms with Gasteiger partial charge >= 0.3 is 12.0 Å². The standard InChI is InChI=1S/C21H28N2O4/c1-3-13-26-20(24)18-14(2)22-21(25)23-19(18)15-9-11-17(12-10-15)27-16-7-5-4-6-8-16/h9-12,16,19H,3-8,13H2,1-2H3,(H2,22,23,25). The lowest BCUT2D eigenvalue weighted by Gasteiger charge is -2.28. The fourth-order valence-electron chi connectivity index (χ4n) is 3.60. The summed E-state index contributed by atoms with van der Waals surface area (Å²) >= 11 is 0. The van der Waals surface area contributed by atoms with E-state index in [4.69, 9.17) is 9.47 Å². The number of allylic oxidation sites excluding steroid dienone is 1. The van der Waals surface area contributed by atoms with Gasteiger partial charge in [0.25, 0.3) is 0 Å². The van der Waals surface area contributed by atoms with Crippen molar-refractivity contribution in [2.45, 2.75) is 64.5 Å². The summed E-state index contributed by atoms with van der Waals surface area (Å²) in [6, 6.07) is 6.74. The smallest absolute Gasteiger partial charge is 0.338 e. The number of hydrogen-bond donors (Lipinski definition) is 2. The first-order valence-electron chi connectivity index (χ1n) is 9.80. The van der Waals surface area contributed by atoms with Gasteiger partial charge in [0.05, 0.1) is 24.3 Å². The molecule has 0 spiro atoms. The molecular formula is C21H28N2O4. The van der Waals surface area contributed by atoms with E-state index in [1.807, 2.05) is 31.2 Å². The average molecular weight is 372 g/mol. The molecule has 1 aromatic rings. The van der Waals surface area contributed by atoms with Crippen LogP contribution < -0.4 is 15.4 Å². The molecule has 0 bridgehead atoms. The Kier molecular flexibility index (Phi) is 6.37. The average Bonchev–Trinajstić information content (AvgIpc) is 2.67. The van der Waals surface area contributed by atoms with E-state index < -0.39 is 12.0 Å². The van der Waals surface area contributed by atoms with Crippen LogP contribution in [0.4, 0.5) is 4.79 Å². The molecular weight excluding hydrogens is 344 g/mol. The summed E-state index contributed by atoms with van der Waals surface area (Å²) in [5.41, 5.74) is 1.78. The molecule has 2 aliphatic rings. The monoisotopic (exact) mass is 372 g/mol. The number of rotatable bonds is 6. The quantitative estimate of drug-likeness (QED) is 0.741. The summed E-state index contributed by atoms with van der Waals surface area (Å²) in [7, 11) is 0. The van der Waals surface area contributed by atoms with Crippen LogP contribution in [0.15, 0.2) is 35.5 Å². The molecule has 1 aliphatic carbocycles. The number of urea groups is 1. The maximum absolute atomic E-state index is 12.5. The zero-order chi connectivity index (χ0) is 19.2. The second-order valence-electron chi connectivity index (χ2n) is 7.15. The molecule has 6 nitrogen and oxygen atoms in total. The maximum Gasteiger partial charge on any atom is 0.338 e. The van der Waals surface area contributed by atoms with E-state index in [9.17, 15) is 9.59 Å². The summed E-state index contributed by atoms with van der Waals surface area (Å²) in [6.07, 6.45) is 6.95. The van der Waals surface area contributed by atoms with Gasteiger partial charge < -0.3 is 20.1 Å². The van der Waals surface area contributed by atoms with Crippen LogP contribution in [0.25, 0.3) is 0 Å². The normalized spacial score (nSPS) is 20.7. The number of carbonyl (C=O) groups is 2. The Morgan fingerprint density at radius 3 is 2.52 bits per heavy atom. The van der Waals surface area contributed by atoms with E-state index in [0.29, 0.717) is 17.9 Å². The molecule has 1 heterocycles. The highest BCUT2D eigenvalue weighted by atomic mass is 16.5. The highest BCUT2D eigenvalue weighted by molar-refractivity contribution is 5.95. The third-order valence-corrected chi connectivity index (χ3v) is 4.99. The highest BCUT2D eigenvalue weighted by Gasteiger charge is 2.32. The number of nitrogens with one attached hydrogen (secondary N) is 2. The number of hydrogen-bond acceptors (Lipinski definition) is 4. The van der Waals surface area contributed by atoms with Crippen molar-refractivity contribution in [3.63, 3.8) is 0 Å². The van der Waals surface area contributed by atoms with Crippen molar-refractivity contribution < 1.29 is 19.1 Å². The molecule has 1 atom stereocenters. The Bertz CT molecular complexity index is 705. The van der Waals surface area contributed by atoms with Crippen LogP contribution in [0.2, 0.25) is 0 Å². The number of amides is 2. The van der Waals surface area contributed by atoms with Gasteiger partial charge in [-0.25, -0.2) is 9.59 Å². The topological polar surface area (TPSA) is 76.7 Å². The van der Waals surface area contributed by atoms with Crippen LogP contribution in [0.3, 0.4) is 0 Å². The fraction of sp³-hybridized carbons (Fsp3) is 0.524. The second-order valence-corrected chi connectivity index (χ2v) is 7.15. The largest absolute Gasteiger partial charge is 0.490 e. The third kappa shape index (κ3) is 4.81. The molecule has 1 aromatic carbocycles. The minimum atomic E-state index is -0.535. The Balaban J connectivity index is 1.76. The number of ether oxygens (including phenoxy) is 2. The number of esters is 1. The van der Waals surface area contributed by atoms with Crippen molar-refractivity contribution in [2.75, 3.05) is 6.61 Å². The maximum atomic E-state index is 12.5. The Morgan fingerprint density at radius 1 is 1.15 bits per heavy atom. The molecule has 0 saturated heterocycles. The van der Waals surface area contributed by atoms with Crippen LogP contribution in [0.5, 0.6) is 5.75 Å². The highest BCUT2D eigenvalue weighted by Crippen LogP contribution is 2.30. The van der Waals surface area contributed by atoms with Crippen LogP contribution in [0, 0.1) is 0 Å². The molecule has 1 aliphatic heterocycles. The molecule has 3 rings (SSSR count). The van der Waals surface area contributed by atoms with E-state index >= 15 is 0 Å². The van der Waals surface area contributed by atoms with Gasteiger partial charge in [-0.15, -0.1) is 0 Å². The molecule has 27 heavy (non-hydrogen) atoms. The van der Waals surface area contributed by atoms with Gasteiger partial charge in [-0.3, -0.25) is 0 Å². The zero-order valence-electron chi connectivity index (χ0n) is 16.0. The third-order valence-electron chi connectivity index (χ3n) is 4.99. The van der Waals surface area contributed by atoms with Crippen LogP contribution in [-0.2, 0) is 9.53 Å². The molecule has 0 aromatic heterocycles. The number of benzene rings is 1. The van der Waals surface area contributed by atoms with Crippen molar-refractivity contribution in [3.05, 3.63) is 41.1 Å². The lowest BCUT2D eigenvalue weighted by molar-refractivity contribution is -0.139. The van der Waals surface area contributed by atoms with Gasteiger partial charge in [-0.05, 0) is 56.7 Å². The van der Waals surface area contributed by atoms with Crippen molar-refractivity contribution in [3.8, 4) is 5.75 Å². The van der Waals surface area contributed by atoms with Crippen LogP contribution in [0.1, 0.15) is 64.0 Å². The minimum absolute atomic E-state index is 0.282. The molecule has 0 radical (unpaired) electrons. The lowest BCUT2D eigenvalue weighted by Crippen LogP contribution is -2.45. The lowest BCUT2D eigenvalue weighted by atomic mass is 9.95. The Morgan fingerprint density at radius 2 is 1.85 bits per heavy atom. The SMILES string of the molecule is CCCOC(=O)C1=C(C)NC(=O)NC1c1ccc(OC2CCCCC2)cc1. The first kappa shape index (κ1) is 19.3. The Hall–Kier alpha value is -2.50. The predicted octanol–water partition coefficient (Wildman–Crippen LogP) is 3.98. The minimum Gasteiger partial charge on any atom is -0.490 e.